The van der Waals surface area contributed by atoms with E-state index in [1.165, 1.54) is 19.4 Å². The number of amides is 1. The second-order valence-corrected chi connectivity index (χ2v) is 4.49. The Morgan fingerprint density at radius 1 is 1.29 bits per heavy atom. The second-order valence-electron chi connectivity index (χ2n) is 4.49. The lowest BCUT2D eigenvalue weighted by Crippen LogP contribution is -2.17. The Morgan fingerprint density at radius 2 is 2.10 bits per heavy atom. The van der Waals surface area contributed by atoms with Gasteiger partial charge in [0.25, 0.3) is 5.91 Å². The standard InChI is InChI=1S/C16H16N2O3/c1-11-4-3-5-12(8-11)16(20)18-17-10-13-6-7-14(21-2)9-15(13)19/h3-10,19H,1-2H3,(H,18,20)/b17-10+. The van der Waals surface area contributed by atoms with Crippen LogP contribution in [0.25, 0.3) is 0 Å². The SMILES string of the molecule is COc1ccc(/C=N/NC(=O)c2cccc(C)c2)c(O)c1. The van der Waals surface area contributed by atoms with Crippen molar-refractivity contribution < 1.29 is 14.6 Å². The largest absolute Gasteiger partial charge is 0.507 e. The summed E-state index contributed by atoms with van der Waals surface area (Å²) in [5, 5.41) is 13.6. The molecule has 5 heteroatoms. The van der Waals surface area contributed by atoms with Gasteiger partial charge in [0, 0.05) is 17.2 Å². The zero-order valence-corrected chi connectivity index (χ0v) is 11.8. The molecule has 0 aliphatic rings. The van der Waals surface area contributed by atoms with Gasteiger partial charge in [0.1, 0.15) is 11.5 Å². The van der Waals surface area contributed by atoms with Crippen LogP contribution in [-0.2, 0) is 0 Å². The molecule has 0 spiro atoms. The molecule has 0 aliphatic heterocycles. The lowest BCUT2D eigenvalue weighted by Gasteiger charge is -2.03. The molecule has 5 nitrogen and oxygen atoms in total. The third-order valence-corrected chi connectivity index (χ3v) is 2.89. The van der Waals surface area contributed by atoms with Gasteiger partial charge in [0.05, 0.1) is 13.3 Å². The van der Waals surface area contributed by atoms with Crippen LogP contribution in [0.4, 0.5) is 0 Å². The first-order valence-electron chi connectivity index (χ1n) is 6.37. The number of carbonyl (C=O) groups is 1. The summed E-state index contributed by atoms with van der Waals surface area (Å²) in [4.78, 5) is 11.9. The van der Waals surface area contributed by atoms with E-state index in [9.17, 15) is 9.90 Å². The van der Waals surface area contributed by atoms with Crippen LogP contribution < -0.4 is 10.2 Å². The van der Waals surface area contributed by atoms with E-state index in [-0.39, 0.29) is 11.7 Å². The maximum Gasteiger partial charge on any atom is 0.271 e. The number of aromatic hydroxyl groups is 1. The highest BCUT2D eigenvalue weighted by Crippen LogP contribution is 2.21. The minimum Gasteiger partial charge on any atom is -0.507 e. The fraction of sp³-hybridized carbons (Fsp3) is 0.125. The van der Waals surface area contributed by atoms with Crippen molar-refractivity contribution in [3.8, 4) is 11.5 Å². The number of phenolic OH excluding ortho intramolecular Hbond substituents is 1. The van der Waals surface area contributed by atoms with Crippen molar-refractivity contribution in [1.82, 2.24) is 5.43 Å². The molecule has 2 N–H and O–H groups in total. The lowest BCUT2D eigenvalue weighted by molar-refractivity contribution is 0.0955. The number of rotatable bonds is 4. The van der Waals surface area contributed by atoms with Gasteiger partial charge >= 0.3 is 0 Å². The van der Waals surface area contributed by atoms with E-state index in [0.717, 1.165) is 5.56 Å². The van der Waals surface area contributed by atoms with Crippen LogP contribution in [0.5, 0.6) is 11.5 Å². The van der Waals surface area contributed by atoms with Crippen LogP contribution in [0.15, 0.2) is 47.6 Å². The van der Waals surface area contributed by atoms with Crippen LogP contribution in [0.2, 0.25) is 0 Å². The van der Waals surface area contributed by atoms with Gasteiger partial charge in [-0.15, -0.1) is 0 Å². The molecule has 2 rings (SSSR count). The average Bonchev–Trinajstić information content (AvgIpc) is 2.48. The third-order valence-electron chi connectivity index (χ3n) is 2.89. The Kier molecular flexibility index (Phi) is 4.56. The minimum absolute atomic E-state index is 0.0305. The van der Waals surface area contributed by atoms with Gasteiger partial charge < -0.3 is 9.84 Å². The van der Waals surface area contributed by atoms with E-state index in [1.807, 2.05) is 19.1 Å². The molecule has 108 valence electrons. The summed E-state index contributed by atoms with van der Waals surface area (Å²) in [6, 6.07) is 12.0. The Labute approximate surface area is 122 Å². The highest BCUT2D eigenvalue weighted by Gasteiger charge is 2.04. The van der Waals surface area contributed by atoms with Gasteiger partial charge in [0.15, 0.2) is 0 Å². The molecule has 21 heavy (non-hydrogen) atoms. The molecule has 0 unspecified atom stereocenters. The number of hydrogen-bond acceptors (Lipinski definition) is 4. The fourth-order valence-corrected chi connectivity index (χ4v) is 1.77. The number of hydrazone groups is 1. The first-order chi connectivity index (χ1) is 10.1. The predicted molar refractivity (Wildman–Crippen MR) is 80.9 cm³/mol. The van der Waals surface area contributed by atoms with Gasteiger partial charge in [-0.2, -0.15) is 5.10 Å². The third kappa shape index (κ3) is 3.82. The summed E-state index contributed by atoms with van der Waals surface area (Å²) < 4.78 is 4.99. The first kappa shape index (κ1) is 14.6. The van der Waals surface area contributed by atoms with E-state index in [1.54, 1.807) is 24.3 Å². The first-order valence-corrected chi connectivity index (χ1v) is 6.37. The molecule has 0 saturated heterocycles. The van der Waals surface area contributed by atoms with Crippen LogP contribution in [0, 0.1) is 6.92 Å². The van der Waals surface area contributed by atoms with Gasteiger partial charge in [-0.05, 0) is 31.2 Å². The Balaban J connectivity index is 2.04. The molecule has 2 aromatic carbocycles. The minimum atomic E-state index is -0.303. The zero-order valence-electron chi connectivity index (χ0n) is 11.8. The summed E-state index contributed by atoms with van der Waals surface area (Å²) in [5.41, 5.74) is 4.44. The van der Waals surface area contributed by atoms with Crippen LogP contribution >= 0.6 is 0 Å². The number of carbonyl (C=O) groups excluding carboxylic acids is 1. The fourth-order valence-electron chi connectivity index (χ4n) is 1.77. The van der Waals surface area contributed by atoms with E-state index < -0.39 is 0 Å². The van der Waals surface area contributed by atoms with Gasteiger partial charge in [-0.1, -0.05) is 17.7 Å². The van der Waals surface area contributed by atoms with Crippen molar-refractivity contribution in [2.75, 3.05) is 7.11 Å². The summed E-state index contributed by atoms with van der Waals surface area (Å²) in [7, 11) is 1.52. The van der Waals surface area contributed by atoms with Crippen molar-refractivity contribution >= 4 is 12.1 Å². The Bertz CT molecular complexity index is 681. The normalized spacial score (nSPS) is 10.6. The molecule has 0 atom stereocenters. The van der Waals surface area contributed by atoms with Crippen molar-refractivity contribution in [3.63, 3.8) is 0 Å². The molecular formula is C16H16N2O3. The molecule has 1 amide bonds. The summed E-state index contributed by atoms with van der Waals surface area (Å²) in [6.45, 7) is 1.91. The van der Waals surface area contributed by atoms with Crippen LogP contribution in [0.3, 0.4) is 0 Å². The van der Waals surface area contributed by atoms with Gasteiger partial charge in [-0.25, -0.2) is 5.43 Å². The van der Waals surface area contributed by atoms with Crippen molar-refractivity contribution in [2.45, 2.75) is 6.92 Å². The maximum absolute atomic E-state index is 11.9. The van der Waals surface area contributed by atoms with E-state index in [4.69, 9.17) is 4.74 Å². The van der Waals surface area contributed by atoms with E-state index in [0.29, 0.717) is 16.9 Å². The van der Waals surface area contributed by atoms with Crippen LogP contribution in [0.1, 0.15) is 21.5 Å². The lowest BCUT2D eigenvalue weighted by atomic mass is 10.1. The predicted octanol–water partition coefficient (Wildman–Crippen LogP) is 2.47. The number of aryl methyl sites for hydroxylation is 1. The quantitative estimate of drug-likeness (QED) is 0.669. The molecule has 0 aromatic heterocycles. The van der Waals surface area contributed by atoms with Gasteiger partial charge in [0.2, 0.25) is 0 Å². The molecule has 0 saturated carbocycles. The molecule has 0 radical (unpaired) electrons. The Hall–Kier alpha value is -2.82. The summed E-state index contributed by atoms with van der Waals surface area (Å²) in [5.74, 6) is 0.277. The highest BCUT2D eigenvalue weighted by molar-refractivity contribution is 5.95. The molecule has 0 aliphatic carbocycles. The summed E-state index contributed by atoms with van der Waals surface area (Å²) >= 11 is 0. The zero-order chi connectivity index (χ0) is 15.2. The van der Waals surface area contributed by atoms with Gasteiger partial charge in [-0.3, -0.25) is 4.79 Å². The van der Waals surface area contributed by atoms with E-state index in [2.05, 4.69) is 10.5 Å². The number of ether oxygens (including phenoxy) is 1. The number of benzene rings is 2. The number of nitrogens with one attached hydrogen (secondary N) is 1. The van der Waals surface area contributed by atoms with Crippen molar-refractivity contribution in [1.29, 1.82) is 0 Å². The second kappa shape index (κ2) is 6.56. The van der Waals surface area contributed by atoms with E-state index >= 15 is 0 Å². The number of nitrogens with zero attached hydrogens (tertiary/aromatic N) is 1. The number of phenols is 1. The Morgan fingerprint density at radius 3 is 2.76 bits per heavy atom. The molecule has 2 aromatic rings. The van der Waals surface area contributed by atoms with Crippen LogP contribution in [-0.4, -0.2) is 24.3 Å². The van der Waals surface area contributed by atoms with Crippen molar-refractivity contribution in [3.05, 3.63) is 59.2 Å². The van der Waals surface area contributed by atoms with Crippen molar-refractivity contribution in [2.24, 2.45) is 5.10 Å². The average molecular weight is 284 g/mol. The maximum atomic E-state index is 11.9. The smallest absolute Gasteiger partial charge is 0.271 e. The molecule has 0 heterocycles. The molecule has 0 fully saturated rings. The highest BCUT2D eigenvalue weighted by atomic mass is 16.5. The molecule has 0 bridgehead atoms. The monoisotopic (exact) mass is 284 g/mol. The molecular weight excluding hydrogens is 268 g/mol. The topological polar surface area (TPSA) is 70.9 Å². The summed E-state index contributed by atoms with van der Waals surface area (Å²) in [6.07, 6.45) is 1.38. The number of hydrogen-bond donors (Lipinski definition) is 2. The number of methoxy groups -OCH3 is 1.